The summed E-state index contributed by atoms with van der Waals surface area (Å²) in [5.41, 5.74) is 0.253. The maximum Gasteiger partial charge on any atom is 0.345 e. The van der Waals surface area contributed by atoms with Crippen LogP contribution in [-0.2, 0) is 0 Å². The lowest BCUT2D eigenvalue weighted by Crippen LogP contribution is -2.31. The second-order valence-electron chi connectivity index (χ2n) is 5.15. The molecule has 0 atom stereocenters. The van der Waals surface area contributed by atoms with Crippen LogP contribution in [0.2, 0.25) is 0 Å². The van der Waals surface area contributed by atoms with Gasteiger partial charge in [-0.15, -0.1) is 11.3 Å². The Hall–Kier alpha value is -1.36. The van der Waals surface area contributed by atoms with Crippen LogP contribution in [0.15, 0.2) is 12.1 Å². The van der Waals surface area contributed by atoms with Gasteiger partial charge in [0.25, 0.3) is 5.91 Å². The fourth-order valence-corrected chi connectivity index (χ4v) is 3.47. The Labute approximate surface area is 117 Å². The van der Waals surface area contributed by atoms with E-state index in [9.17, 15) is 9.59 Å². The number of hydrogen-bond donors (Lipinski definition) is 1. The van der Waals surface area contributed by atoms with Crippen LogP contribution in [0.4, 0.5) is 0 Å². The molecule has 0 radical (unpaired) electrons. The van der Waals surface area contributed by atoms with Gasteiger partial charge < -0.3 is 10.0 Å². The number of amides is 1. The molecule has 1 aromatic heterocycles. The number of hydrogen-bond acceptors (Lipinski definition) is 3. The molecule has 4 nitrogen and oxygen atoms in total. The maximum absolute atomic E-state index is 12.3. The fourth-order valence-electron chi connectivity index (χ4n) is 2.66. The van der Waals surface area contributed by atoms with Gasteiger partial charge in [-0.25, -0.2) is 4.79 Å². The van der Waals surface area contributed by atoms with Gasteiger partial charge in [-0.1, -0.05) is 13.8 Å². The molecule has 0 aromatic carbocycles. The van der Waals surface area contributed by atoms with Crippen LogP contribution in [0.5, 0.6) is 0 Å². The van der Waals surface area contributed by atoms with Crippen molar-refractivity contribution in [3.05, 3.63) is 21.9 Å². The average molecular weight is 281 g/mol. The molecule has 0 aliphatic carbocycles. The van der Waals surface area contributed by atoms with Crippen molar-refractivity contribution < 1.29 is 14.7 Å². The highest BCUT2D eigenvalue weighted by Crippen LogP contribution is 2.37. The van der Waals surface area contributed by atoms with E-state index in [4.69, 9.17) is 5.11 Å². The number of rotatable bonds is 4. The Kier molecular flexibility index (Phi) is 3.94. The minimum Gasteiger partial charge on any atom is -0.477 e. The summed E-state index contributed by atoms with van der Waals surface area (Å²) < 4.78 is 0. The van der Waals surface area contributed by atoms with Crippen LogP contribution in [0.1, 0.15) is 52.5 Å². The molecule has 2 rings (SSSR count). The molecule has 5 heteroatoms. The average Bonchev–Trinajstić information content (AvgIpc) is 3.05. The molecule has 1 aromatic rings. The molecule has 2 heterocycles. The van der Waals surface area contributed by atoms with Crippen LogP contribution in [0, 0.1) is 5.41 Å². The van der Waals surface area contributed by atoms with Crippen molar-refractivity contribution in [3.8, 4) is 0 Å². The molecule has 0 bridgehead atoms. The van der Waals surface area contributed by atoms with Gasteiger partial charge in [0.05, 0.1) is 4.88 Å². The van der Waals surface area contributed by atoms with Crippen molar-refractivity contribution >= 4 is 23.2 Å². The van der Waals surface area contributed by atoms with E-state index in [2.05, 4.69) is 13.8 Å². The number of likely N-dealkylation sites (tertiary alicyclic amines) is 1. The van der Waals surface area contributed by atoms with Crippen LogP contribution in [0.25, 0.3) is 0 Å². The predicted octanol–water partition coefficient (Wildman–Crippen LogP) is 3.10. The molecule has 19 heavy (non-hydrogen) atoms. The van der Waals surface area contributed by atoms with Gasteiger partial charge in [0.15, 0.2) is 0 Å². The van der Waals surface area contributed by atoms with Gasteiger partial charge in [-0.2, -0.15) is 0 Å². The zero-order valence-electron chi connectivity index (χ0n) is 11.3. The molecule has 1 saturated heterocycles. The van der Waals surface area contributed by atoms with Gasteiger partial charge in [0, 0.05) is 13.1 Å². The number of carboxylic acid groups (broad SMARTS) is 1. The molecule has 0 unspecified atom stereocenters. The quantitative estimate of drug-likeness (QED) is 0.922. The first-order valence-corrected chi connectivity index (χ1v) is 7.45. The summed E-state index contributed by atoms with van der Waals surface area (Å²) in [4.78, 5) is 25.8. The third kappa shape index (κ3) is 2.66. The second-order valence-corrected chi connectivity index (χ2v) is 6.24. The molecule has 1 fully saturated rings. The Morgan fingerprint density at radius 2 is 1.95 bits per heavy atom. The highest BCUT2D eigenvalue weighted by Gasteiger charge is 2.37. The second kappa shape index (κ2) is 5.33. The number of aromatic carboxylic acids is 1. The van der Waals surface area contributed by atoms with E-state index < -0.39 is 5.97 Å². The molecular weight excluding hydrogens is 262 g/mol. The number of carbonyl (C=O) groups is 2. The van der Waals surface area contributed by atoms with Crippen LogP contribution >= 0.6 is 11.3 Å². The van der Waals surface area contributed by atoms with E-state index in [1.165, 1.54) is 6.07 Å². The smallest absolute Gasteiger partial charge is 0.345 e. The first-order chi connectivity index (χ1) is 9.01. The van der Waals surface area contributed by atoms with Gasteiger partial charge in [0.2, 0.25) is 0 Å². The van der Waals surface area contributed by atoms with Crippen LogP contribution in [-0.4, -0.2) is 35.0 Å². The summed E-state index contributed by atoms with van der Waals surface area (Å²) in [6, 6.07) is 3.12. The number of carbonyl (C=O) groups excluding carboxylic acids is 1. The van der Waals surface area contributed by atoms with E-state index >= 15 is 0 Å². The first-order valence-electron chi connectivity index (χ1n) is 6.64. The van der Waals surface area contributed by atoms with E-state index in [1.807, 2.05) is 4.90 Å². The minimum absolute atomic E-state index is 0.0266. The van der Waals surface area contributed by atoms with Gasteiger partial charge in [-0.05, 0) is 36.8 Å². The summed E-state index contributed by atoms with van der Waals surface area (Å²) >= 11 is 1.06. The zero-order valence-corrected chi connectivity index (χ0v) is 12.1. The number of nitrogens with zero attached hydrogens (tertiary/aromatic N) is 1. The Bertz CT molecular complexity index is 491. The SMILES string of the molecule is CCC1(CC)CCN(C(=O)c2ccc(C(=O)O)s2)C1. The molecule has 1 N–H and O–H groups in total. The normalized spacial score (nSPS) is 17.7. The largest absolute Gasteiger partial charge is 0.477 e. The molecular formula is C14H19NO3S. The van der Waals surface area contributed by atoms with Crippen molar-refractivity contribution in [1.82, 2.24) is 4.90 Å². The summed E-state index contributed by atoms with van der Waals surface area (Å²) in [5.74, 6) is -0.997. The molecule has 104 valence electrons. The number of carboxylic acids is 1. The first kappa shape index (κ1) is 14.1. The highest BCUT2D eigenvalue weighted by atomic mass is 32.1. The topological polar surface area (TPSA) is 57.6 Å². The van der Waals surface area contributed by atoms with Gasteiger partial charge in [-0.3, -0.25) is 4.79 Å². The number of thiophene rings is 1. The lowest BCUT2D eigenvalue weighted by atomic mass is 9.82. The Balaban J connectivity index is 2.10. The van der Waals surface area contributed by atoms with Crippen molar-refractivity contribution in [2.45, 2.75) is 33.1 Å². The third-order valence-corrected chi connectivity index (χ3v) is 5.31. The van der Waals surface area contributed by atoms with E-state index in [0.29, 0.717) is 4.88 Å². The van der Waals surface area contributed by atoms with Gasteiger partial charge >= 0.3 is 5.97 Å². The van der Waals surface area contributed by atoms with Crippen LogP contribution < -0.4 is 0 Å². The summed E-state index contributed by atoms with van der Waals surface area (Å²) in [7, 11) is 0. The summed E-state index contributed by atoms with van der Waals surface area (Å²) in [6.45, 7) is 5.91. The molecule has 1 aliphatic rings. The minimum atomic E-state index is -0.970. The zero-order chi connectivity index (χ0) is 14.0. The highest BCUT2D eigenvalue weighted by molar-refractivity contribution is 7.15. The lowest BCUT2D eigenvalue weighted by molar-refractivity contribution is 0.0701. The van der Waals surface area contributed by atoms with Crippen molar-refractivity contribution in [1.29, 1.82) is 0 Å². The van der Waals surface area contributed by atoms with Gasteiger partial charge in [0.1, 0.15) is 4.88 Å². The molecule has 1 amide bonds. The summed E-state index contributed by atoms with van der Waals surface area (Å²) in [5, 5.41) is 8.89. The standard InChI is InChI=1S/C14H19NO3S/c1-3-14(4-2)7-8-15(9-14)12(16)10-5-6-11(19-10)13(17)18/h5-6H,3-4,7-9H2,1-2H3,(H,17,18). The van der Waals surface area contributed by atoms with E-state index in [0.717, 1.165) is 43.7 Å². The fraction of sp³-hybridized carbons (Fsp3) is 0.571. The van der Waals surface area contributed by atoms with E-state index in [-0.39, 0.29) is 16.2 Å². The molecule has 1 aliphatic heterocycles. The lowest BCUT2D eigenvalue weighted by Gasteiger charge is -2.26. The molecule has 0 spiro atoms. The maximum atomic E-state index is 12.3. The predicted molar refractivity (Wildman–Crippen MR) is 74.8 cm³/mol. The summed E-state index contributed by atoms with van der Waals surface area (Å²) in [6.07, 6.45) is 3.21. The Morgan fingerprint density at radius 1 is 1.32 bits per heavy atom. The molecule has 0 saturated carbocycles. The van der Waals surface area contributed by atoms with E-state index in [1.54, 1.807) is 6.07 Å². The Morgan fingerprint density at radius 3 is 2.42 bits per heavy atom. The van der Waals surface area contributed by atoms with Crippen molar-refractivity contribution in [2.24, 2.45) is 5.41 Å². The van der Waals surface area contributed by atoms with Crippen LogP contribution in [0.3, 0.4) is 0 Å². The van der Waals surface area contributed by atoms with Crippen molar-refractivity contribution in [3.63, 3.8) is 0 Å². The monoisotopic (exact) mass is 281 g/mol. The van der Waals surface area contributed by atoms with Crippen molar-refractivity contribution in [2.75, 3.05) is 13.1 Å². The third-order valence-electron chi connectivity index (χ3n) is 4.25.